The molecule has 11 nitrogen and oxygen atoms in total. The van der Waals surface area contributed by atoms with Crippen LogP contribution in [0.1, 0.15) is 46.5 Å². The number of piperidine rings is 1. The molecule has 0 unspecified atom stereocenters. The predicted molar refractivity (Wildman–Crippen MR) is 173 cm³/mol. The molecule has 1 aromatic heterocycles. The zero-order chi connectivity index (χ0) is 32.4. The summed E-state index contributed by atoms with van der Waals surface area (Å²) in [5.41, 5.74) is 2.04. The van der Waals surface area contributed by atoms with Crippen molar-refractivity contribution in [2.24, 2.45) is 5.92 Å². The van der Waals surface area contributed by atoms with Gasteiger partial charge in [0.25, 0.3) is 0 Å². The standard InChI is InChI=1S/C32H37BrFN7O4/c1-31(2,3)45-30(44)39-32(12-13-32)19-41-18-22(17-36-41)20-4-6-23(7-5-20)38-29(43)40-14-10-21(11-15-40)27(42)28(35)37-24-8-9-26(34)25(33)16-24/h4-9,16-18,21H,10-15,19H2,1-3H3,(H2,35,37)(H,38,43)(H,39,44). The lowest BCUT2D eigenvalue weighted by Crippen LogP contribution is -2.44. The number of benzene rings is 2. The lowest BCUT2D eigenvalue weighted by molar-refractivity contribution is -0.117. The number of anilines is 2. The lowest BCUT2D eigenvalue weighted by Gasteiger charge is -2.31. The van der Waals surface area contributed by atoms with Crippen molar-refractivity contribution in [3.05, 3.63) is 65.1 Å². The Labute approximate surface area is 269 Å². The molecular formula is C32H37BrFN7O4. The molecule has 238 valence electrons. The number of ether oxygens (including phenoxy) is 1. The van der Waals surface area contributed by atoms with Gasteiger partial charge >= 0.3 is 12.1 Å². The molecule has 1 aliphatic heterocycles. The first kappa shape index (κ1) is 32.1. The molecule has 2 aliphatic rings. The van der Waals surface area contributed by atoms with Crippen LogP contribution in [-0.2, 0) is 16.1 Å². The number of likely N-dealkylation sites (tertiary alicyclic amines) is 1. The molecule has 3 aromatic rings. The zero-order valence-electron chi connectivity index (χ0n) is 25.5. The number of urea groups is 1. The molecule has 4 N–H and O–H groups in total. The summed E-state index contributed by atoms with van der Waals surface area (Å²) in [6.45, 7) is 6.83. The number of hydrogen-bond donors (Lipinski definition) is 4. The molecule has 0 bridgehead atoms. The molecule has 0 spiro atoms. The van der Waals surface area contributed by atoms with Gasteiger partial charge in [-0.15, -0.1) is 0 Å². The Hall–Kier alpha value is -4.26. The summed E-state index contributed by atoms with van der Waals surface area (Å²) in [6.07, 6.45) is 5.90. The van der Waals surface area contributed by atoms with Gasteiger partial charge in [0, 0.05) is 42.1 Å². The highest BCUT2D eigenvalue weighted by molar-refractivity contribution is 9.10. The number of alkyl carbamates (subject to hydrolysis) is 1. The van der Waals surface area contributed by atoms with Crippen LogP contribution < -0.4 is 16.0 Å². The van der Waals surface area contributed by atoms with Crippen molar-refractivity contribution in [3.8, 4) is 11.1 Å². The van der Waals surface area contributed by atoms with Crippen molar-refractivity contribution in [2.45, 2.75) is 64.1 Å². The van der Waals surface area contributed by atoms with E-state index in [1.807, 2.05) is 55.9 Å². The average molecular weight is 683 g/mol. The summed E-state index contributed by atoms with van der Waals surface area (Å²) >= 11 is 3.10. The largest absolute Gasteiger partial charge is 0.444 e. The summed E-state index contributed by atoms with van der Waals surface area (Å²) in [4.78, 5) is 39.6. The van der Waals surface area contributed by atoms with Gasteiger partial charge in [0.1, 0.15) is 11.4 Å². The van der Waals surface area contributed by atoms with Gasteiger partial charge in [-0.3, -0.25) is 14.9 Å². The number of amides is 3. The van der Waals surface area contributed by atoms with E-state index in [4.69, 9.17) is 10.1 Å². The SMILES string of the molecule is CC(C)(C)OC(=O)NC1(Cn2cc(-c3ccc(NC(=O)N4CCC(C(=O)C(=N)Nc5ccc(F)c(Br)c5)CC4)cc3)cn2)CC1. The van der Waals surface area contributed by atoms with E-state index in [1.54, 1.807) is 11.1 Å². The molecule has 1 saturated carbocycles. The van der Waals surface area contributed by atoms with Crippen LogP contribution in [0.15, 0.2) is 59.3 Å². The maximum absolute atomic E-state index is 13.5. The van der Waals surface area contributed by atoms with Crippen molar-refractivity contribution in [3.63, 3.8) is 0 Å². The number of aromatic nitrogens is 2. The topological polar surface area (TPSA) is 141 Å². The predicted octanol–water partition coefficient (Wildman–Crippen LogP) is 6.41. The maximum atomic E-state index is 13.5. The number of carbonyl (C=O) groups is 3. The second-order valence-electron chi connectivity index (χ2n) is 12.6. The van der Waals surface area contributed by atoms with E-state index in [1.165, 1.54) is 18.2 Å². The number of amidine groups is 1. The van der Waals surface area contributed by atoms with Gasteiger partial charge in [-0.2, -0.15) is 5.10 Å². The normalized spacial score (nSPS) is 16.1. The third-order valence-electron chi connectivity index (χ3n) is 7.78. The van der Waals surface area contributed by atoms with Gasteiger partial charge in [0.05, 0.1) is 22.8 Å². The summed E-state index contributed by atoms with van der Waals surface area (Å²) in [7, 11) is 0. The van der Waals surface area contributed by atoms with Crippen LogP contribution >= 0.6 is 15.9 Å². The number of ketones is 1. The molecule has 2 fully saturated rings. The van der Waals surface area contributed by atoms with E-state index >= 15 is 0 Å². The van der Waals surface area contributed by atoms with Gasteiger partial charge in [-0.1, -0.05) is 12.1 Å². The van der Waals surface area contributed by atoms with Crippen LogP contribution in [0.25, 0.3) is 11.1 Å². The Morgan fingerprint density at radius 1 is 1.04 bits per heavy atom. The van der Waals surface area contributed by atoms with Gasteiger partial charge in [0.15, 0.2) is 5.84 Å². The van der Waals surface area contributed by atoms with Crippen LogP contribution in [-0.4, -0.2) is 62.7 Å². The molecular weight excluding hydrogens is 645 g/mol. The summed E-state index contributed by atoms with van der Waals surface area (Å²) < 4.78 is 20.9. The second kappa shape index (κ2) is 13.0. The van der Waals surface area contributed by atoms with Gasteiger partial charge in [0.2, 0.25) is 5.78 Å². The number of nitrogens with one attached hydrogen (secondary N) is 4. The molecule has 2 heterocycles. The van der Waals surface area contributed by atoms with Gasteiger partial charge in [-0.05, 0) is 98.3 Å². The number of halogens is 2. The van der Waals surface area contributed by atoms with Crippen LogP contribution in [0.4, 0.5) is 25.4 Å². The number of Topliss-reactive ketones (excluding diaryl/α,β-unsaturated/α-hetero) is 1. The third-order valence-corrected chi connectivity index (χ3v) is 8.38. The fourth-order valence-electron chi connectivity index (χ4n) is 5.18. The molecule has 1 saturated heterocycles. The molecule has 0 radical (unpaired) electrons. The van der Waals surface area contributed by atoms with Gasteiger partial charge < -0.3 is 25.6 Å². The Balaban J connectivity index is 1.08. The highest BCUT2D eigenvalue weighted by Crippen LogP contribution is 2.37. The molecule has 3 amide bonds. The molecule has 2 aromatic carbocycles. The van der Waals surface area contributed by atoms with Crippen LogP contribution in [0.3, 0.4) is 0 Å². The minimum atomic E-state index is -0.558. The molecule has 0 atom stereocenters. The Kier molecular flexibility index (Phi) is 9.28. The molecule has 45 heavy (non-hydrogen) atoms. The Morgan fingerprint density at radius 3 is 2.33 bits per heavy atom. The van der Waals surface area contributed by atoms with E-state index in [2.05, 4.69) is 37.0 Å². The van der Waals surface area contributed by atoms with Crippen molar-refractivity contribution in [1.82, 2.24) is 20.0 Å². The highest BCUT2D eigenvalue weighted by Gasteiger charge is 2.45. The van der Waals surface area contributed by atoms with Crippen molar-refractivity contribution in [2.75, 3.05) is 23.7 Å². The van der Waals surface area contributed by atoms with Crippen molar-refractivity contribution in [1.29, 1.82) is 5.41 Å². The number of rotatable bonds is 8. The fraction of sp³-hybridized carbons (Fsp3) is 0.406. The Morgan fingerprint density at radius 2 is 1.71 bits per heavy atom. The first-order valence-corrected chi connectivity index (χ1v) is 15.6. The Bertz CT molecular complexity index is 1590. The number of nitrogens with zero attached hydrogens (tertiary/aromatic N) is 3. The van der Waals surface area contributed by atoms with E-state index in [0.29, 0.717) is 43.9 Å². The van der Waals surface area contributed by atoms with Crippen LogP contribution in [0, 0.1) is 17.1 Å². The summed E-state index contributed by atoms with van der Waals surface area (Å²) in [5.74, 6) is -1.39. The minimum Gasteiger partial charge on any atom is -0.444 e. The summed E-state index contributed by atoms with van der Waals surface area (Å²) in [6, 6.07) is 11.4. The minimum absolute atomic E-state index is 0.241. The molecule has 1 aliphatic carbocycles. The second-order valence-corrected chi connectivity index (χ2v) is 13.5. The van der Waals surface area contributed by atoms with E-state index in [0.717, 1.165) is 24.0 Å². The zero-order valence-corrected chi connectivity index (χ0v) is 27.0. The fourth-order valence-corrected chi connectivity index (χ4v) is 5.56. The molecule has 13 heteroatoms. The quantitative estimate of drug-likeness (QED) is 0.160. The van der Waals surface area contributed by atoms with E-state index in [-0.39, 0.29) is 33.6 Å². The molecule has 5 rings (SSSR count). The van der Waals surface area contributed by atoms with Gasteiger partial charge in [-0.25, -0.2) is 14.0 Å². The lowest BCUT2D eigenvalue weighted by atomic mass is 9.92. The van der Waals surface area contributed by atoms with Crippen molar-refractivity contribution < 1.29 is 23.5 Å². The van der Waals surface area contributed by atoms with E-state index in [9.17, 15) is 18.8 Å². The summed E-state index contributed by atoms with van der Waals surface area (Å²) in [5, 5.41) is 21.3. The average Bonchev–Trinajstić information content (AvgIpc) is 3.57. The van der Waals surface area contributed by atoms with Crippen molar-refractivity contribution >= 4 is 51.0 Å². The number of hydrogen-bond acceptors (Lipinski definition) is 6. The first-order valence-electron chi connectivity index (χ1n) is 14.8. The van der Waals surface area contributed by atoms with E-state index < -0.39 is 17.5 Å². The monoisotopic (exact) mass is 681 g/mol. The van der Waals surface area contributed by atoms with Crippen LogP contribution in [0.5, 0.6) is 0 Å². The smallest absolute Gasteiger partial charge is 0.408 e. The maximum Gasteiger partial charge on any atom is 0.408 e. The number of carbonyl (C=O) groups excluding carboxylic acids is 3. The van der Waals surface area contributed by atoms with Crippen LogP contribution in [0.2, 0.25) is 0 Å². The highest BCUT2D eigenvalue weighted by atomic mass is 79.9. The first-order chi connectivity index (χ1) is 21.3. The third kappa shape index (κ3) is 8.47.